The normalized spacial score (nSPS) is 25.5. The van der Waals surface area contributed by atoms with Crippen molar-refractivity contribution in [1.82, 2.24) is 10.2 Å². The molecule has 0 amide bonds. The van der Waals surface area contributed by atoms with Gasteiger partial charge in [0.2, 0.25) is 0 Å². The molecular formula is C12H19BrN2S. The summed E-state index contributed by atoms with van der Waals surface area (Å²) in [5.74, 6) is 0. The topological polar surface area (TPSA) is 15.3 Å². The van der Waals surface area contributed by atoms with E-state index >= 15 is 0 Å². The van der Waals surface area contributed by atoms with Gasteiger partial charge in [-0.3, -0.25) is 0 Å². The molecule has 16 heavy (non-hydrogen) atoms. The maximum absolute atomic E-state index is 3.66. The lowest BCUT2D eigenvalue weighted by Gasteiger charge is -2.19. The van der Waals surface area contributed by atoms with Crippen LogP contribution >= 0.6 is 27.3 Å². The summed E-state index contributed by atoms with van der Waals surface area (Å²) in [7, 11) is 4.37. The van der Waals surface area contributed by atoms with E-state index in [4.69, 9.17) is 0 Å². The molecule has 0 aliphatic heterocycles. The van der Waals surface area contributed by atoms with E-state index in [1.807, 2.05) is 11.3 Å². The number of thiophene rings is 1. The third-order valence-corrected chi connectivity index (χ3v) is 5.02. The van der Waals surface area contributed by atoms with E-state index in [-0.39, 0.29) is 0 Å². The van der Waals surface area contributed by atoms with E-state index in [0.717, 1.165) is 12.6 Å². The average molecular weight is 303 g/mol. The molecule has 1 saturated carbocycles. The fourth-order valence-electron chi connectivity index (χ4n) is 2.30. The van der Waals surface area contributed by atoms with Crippen LogP contribution in [0.15, 0.2) is 15.9 Å². The van der Waals surface area contributed by atoms with E-state index in [9.17, 15) is 0 Å². The van der Waals surface area contributed by atoms with Crippen molar-refractivity contribution in [3.8, 4) is 0 Å². The Kier molecular flexibility index (Phi) is 4.41. The minimum Gasteiger partial charge on any atom is -0.309 e. The van der Waals surface area contributed by atoms with Crippen molar-refractivity contribution in [3.05, 3.63) is 20.8 Å². The summed E-state index contributed by atoms with van der Waals surface area (Å²) in [6.07, 6.45) is 3.94. The van der Waals surface area contributed by atoms with Gasteiger partial charge in [0, 0.05) is 33.4 Å². The van der Waals surface area contributed by atoms with Gasteiger partial charge in [0.05, 0.1) is 0 Å². The summed E-state index contributed by atoms with van der Waals surface area (Å²) in [5.41, 5.74) is 0. The van der Waals surface area contributed by atoms with Gasteiger partial charge in [-0.1, -0.05) is 0 Å². The Labute approximate surface area is 110 Å². The summed E-state index contributed by atoms with van der Waals surface area (Å²) >= 11 is 5.31. The quantitative estimate of drug-likeness (QED) is 0.919. The molecule has 1 aromatic heterocycles. The molecule has 1 N–H and O–H groups in total. The van der Waals surface area contributed by atoms with Crippen molar-refractivity contribution in [2.24, 2.45) is 0 Å². The van der Waals surface area contributed by atoms with Gasteiger partial charge < -0.3 is 10.2 Å². The highest BCUT2D eigenvalue weighted by Gasteiger charge is 2.25. The smallest absolute Gasteiger partial charge is 0.0302 e. The van der Waals surface area contributed by atoms with E-state index < -0.39 is 0 Å². The molecule has 2 nitrogen and oxygen atoms in total. The SMILES string of the molecule is CN(C)C1CCC(NCc2cc(Br)cs2)C1. The fraction of sp³-hybridized carbons (Fsp3) is 0.667. The summed E-state index contributed by atoms with van der Waals surface area (Å²) in [6, 6.07) is 3.68. The van der Waals surface area contributed by atoms with Crippen LogP contribution < -0.4 is 5.32 Å². The highest BCUT2D eigenvalue weighted by atomic mass is 79.9. The lowest BCUT2D eigenvalue weighted by atomic mass is 10.2. The Morgan fingerprint density at radius 3 is 2.88 bits per heavy atom. The van der Waals surface area contributed by atoms with Gasteiger partial charge in [-0.15, -0.1) is 11.3 Å². The second-order valence-corrected chi connectivity index (χ2v) is 6.65. The molecular weight excluding hydrogens is 284 g/mol. The molecule has 90 valence electrons. The zero-order valence-electron chi connectivity index (χ0n) is 9.87. The van der Waals surface area contributed by atoms with Crippen LogP contribution in [-0.4, -0.2) is 31.1 Å². The second-order valence-electron chi connectivity index (χ2n) is 4.74. The molecule has 1 heterocycles. The molecule has 1 fully saturated rings. The largest absolute Gasteiger partial charge is 0.309 e. The molecule has 0 spiro atoms. The second kappa shape index (κ2) is 5.63. The molecule has 2 unspecified atom stereocenters. The molecule has 0 aromatic carbocycles. The van der Waals surface area contributed by atoms with E-state index in [1.165, 1.54) is 28.6 Å². The fourth-order valence-corrected chi connectivity index (χ4v) is 3.71. The van der Waals surface area contributed by atoms with E-state index in [1.54, 1.807) is 0 Å². The zero-order valence-corrected chi connectivity index (χ0v) is 12.3. The minimum atomic E-state index is 0.702. The third kappa shape index (κ3) is 3.29. The summed E-state index contributed by atoms with van der Waals surface area (Å²) < 4.78 is 1.20. The first-order chi connectivity index (χ1) is 7.65. The van der Waals surface area contributed by atoms with Crippen LogP contribution in [0, 0.1) is 0 Å². The monoisotopic (exact) mass is 302 g/mol. The Morgan fingerprint density at radius 2 is 2.31 bits per heavy atom. The first-order valence-electron chi connectivity index (χ1n) is 5.78. The number of nitrogens with one attached hydrogen (secondary N) is 1. The van der Waals surface area contributed by atoms with Gasteiger partial charge in [-0.05, 0) is 55.4 Å². The van der Waals surface area contributed by atoms with Crippen molar-refractivity contribution in [2.45, 2.75) is 37.9 Å². The molecule has 1 aliphatic carbocycles. The Balaban J connectivity index is 1.75. The summed E-state index contributed by atoms with van der Waals surface area (Å²) in [4.78, 5) is 3.77. The first-order valence-corrected chi connectivity index (χ1v) is 7.45. The number of hydrogen-bond donors (Lipinski definition) is 1. The van der Waals surface area contributed by atoms with Crippen LogP contribution in [0.2, 0.25) is 0 Å². The maximum Gasteiger partial charge on any atom is 0.0302 e. The van der Waals surface area contributed by atoms with Gasteiger partial charge in [0.25, 0.3) is 0 Å². The van der Waals surface area contributed by atoms with Crippen LogP contribution in [0.3, 0.4) is 0 Å². The lowest BCUT2D eigenvalue weighted by Crippen LogP contribution is -2.30. The standard InChI is InChI=1S/C12H19BrN2S/c1-15(2)11-4-3-10(6-11)14-7-12-5-9(13)8-16-12/h5,8,10-11,14H,3-4,6-7H2,1-2H3. The Bertz CT molecular complexity index is 338. The van der Waals surface area contributed by atoms with Crippen LogP contribution in [0.5, 0.6) is 0 Å². The van der Waals surface area contributed by atoms with Gasteiger partial charge in [-0.25, -0.2) is 0 Å². The molecule has 0 saturated heterocycles. The van der Waals surface area contributed by atoms with Crippen LogP contribution in [0.25, 0.3) is 0 Å². The number of hydrogen-bond acceptors (Lipinski definition) is 3. The van der Waals surface area contributed by atoms with Crippen LogP contribution in [0.1, 0.15) is 24.1 Å². The molecule has 2 rings (SSSR count). The molecule has 1 aliphatic rings. The number of halogens is 1. The molecule has 0 radical (unpaired) electrons. The van der Waals surface area contributed by atoms with Crippen molar-refractivity contribution in [1.29, 1.82) is 0 Å². The molecule has 4 heteroatoms. The lowest BCUT2D eigenvalue weighted by molar-refractivity contribution is 0.293. The maximum atomic E-state index is 3.66. The van der Waals surface area contributed by atoms with E-state index in [2.05, 4.69) is 51.7 Å². The third-order valence-electron chi connectivity index (χ3n) is 3.32. The van der Waals surface area contributed by atoms with Crippen molar-refractivity contribution >= 4 is 27.3 Å². The number of nitrogens with zero attached hydrogens (tertiary/aromatic N) is 1. The summed E-state index contributed by atoms with van der Waals surface area (Å²) in [6.45, 7) is 1.01. The highest BCUT2D eigenvalue weighted by molar-refractivity contribution is 9.10. The van der Waals surface area contributed by atoms with E-state index in [0.29, 0.717) is 6.04 Å². The zero-order chi connectivity index (χ0) is 11.5. The predicted molar refractivity (Wildman–Crippen MR) is 74.0 cm³/mol. The minimum absolute atomic E-state index is 0.702. The van der Waals surface area contributed by atoms with Crippen molar-refractivity contribution in [2.75, 3.05) is 14.1 Å². The Morgan fingerprint density at radius 1 is 1.50 bits per heavy atom. The number of rotatable bonds is 4. The summed E-state index contributed by atoms with van der Waals surface area (Å²) in [5, 5.41) is 5.81. The Hall–Kier alpha value is 0.1000. The van der Waals surface area contributed by atoms with Crippen LogP contribution in [0.4, 0.5) is 0 Å². The molecule has 0 bridgehead atoms. The van der Waals surface area contributed by atoms with Crippen molar-refractivity contribution < 1.29 is 0 Å². The van der Waals surface area contributed by atoms with Gasteiger partial charge in [0.1, 0.15) is 0 Å². The highest BCUT2D eigenvalue weighted by Crippen LogP contribution is 2.24. The molecule has 1 aromatic rings. The predicted octanol–water partition coefficient (Wildman–Crippen LogP) is 3.08. The van der Waals surface area contributed by atoms with Crippen molar-refractivity contribution in [3.63, 3.8) is 0 Å². The molecule has 2 atom stereocenters. The van der Waals surface area contributed by atoms with Gasteiger partial charge in [-0.2, -0.15) is 0 Å². The first kappa shape index (κ1) is 12.6. The van der Waals surface area contributed by atoms with Gasteiger partial charge >= 0.3 is 0 Å². The van der Waals surface area contributed by atoms with Gasteiger partial charge in [0.15, 0.2) is 0 Å². The average Bonchev–Trinajstić information content (AvgIpc) is 2.83. The van der Waals surface area contributed by atoms with Crippen LogP contribution in [-0.2, 0) is 6.54 Å².